The van der Waals surface area contributed by atoms with E-state index in [1.165, 1.54) is 0 Å². The zero-order chi connectivity index (χ0) is 17.1. The van der Waals surface area contributed by atoms with Crippen molar-refractivity contribution in [2.45, 2.75) is 33.0 Å². The third-order valence-corrected chi connectivity index (χ3v) is 4.08. The summed E-state index contributed by atoms with van der Waals surface area (Å²) >= 11 is 0. The van der Waals surface area contributed by atoms with Crippen molar-refractivity contribution in [3.8, 4) is 0 Å². The molecule has 0 aliphatic carbocycles. The van der Waals surface area contributed by atoms with Crippen molar-refractivity contribution in [2.24, 2.45) is 0 Å². The molecule has 0 saturated heterocycles. The number of nitrogen functional groups attached to an aromatic ring is 1. The van der Waals surface area contributed by atoms with Gasteiger partial charge in [-0.1, -0.05) is 24.3 Å². The molecule has 0 fully saturated rings. The highest BCUT2D eigenvalue weighted by molar-refractivity contribution is 5.77. The molecule has 5 heteroatoms. The third-order valence-electron chi connectivity index (χ3n) is 4.08. The van der Waals surface area contributed by atoms with E-state index in [0.29, 0.717) is 23.8 Å². The maximum atomic E-state index is 12.2. The van der Waals surface area contributed by atoms with Gasteiger partial charge in [-0.2, -0.15) is 0 Å². The fourth-order valence-electron chi connectivity index (χ4n) is 2.75. The number of aromatic nitrogens is 2. The highest BCUT2D eigenvalue weighted by Crippen LogP contribution is 2.14. The predicted molar refractivity (Wildman–Crippen MR) is 97.6 cm³/mol. The van der Waals surface area contributed by atoms with Crippen molar-refractivity contribution in [3.63, 3.8) is 0 Å². The maximum Gasteiger partial charge on any atom is 0.258 e. The molecule has 0 spiro atoms. The van der Waals surface area contributed by atoms with Crippen LogP contribution < -0.4 is 11.3 Å². The normalized spacial score (nSPS) is 11.5. The van der Waals surface area contributed by atoms with Crippen molar-refractivity contribution < 1.29 is 0 Å². The topological polar surface area (TPSA) is 75.0 Å². The van der Waals surface area contributed by atoms with Crippen LogP contribution in [0.2, 0.25) is 0 Å². The van der Waals surface area contributed by atoms with Gasteiger partial charge >= 0.3 is 0 Å². The predicted octanol–water partition coefficient (Wildman–Crippen LogP) is 2.92. The van der Waals surface area contributed by atoms with Crippen LogP contribution in [-0.4, -0.2) is 20.9 Å². The Hall–Kier alpha value is -2.66. The maximum absolute atomic E-state index is 12.2. The summed E-state index contributed by atoms with van der Waals surface area (Å²) in [4.78, 5) is 22.0. The molecular weight excluding hydrogens is 300 g/mol. The summed E-state index contributed by atoms with van der Waals surface area (Å²) in [6.45, 7) is 5.59. The second-order valence-corrected chi connectivity index (χ2v) is 6.27. The number of para-hydroxylation sites is 1. The number of hydrogen-bond donors (Lipinski definition) is 2. The molecule has 24 heavy (non-hydrogen) atoms. The largest absolute Gasteiger partial charge is 0.399 e. The van der Waals surface area contributed by atoms with Gasteiger partial charge < -0.3 is 10.7 Å². The lowest BCUT2D eigenvalue weighted by Crippen LogP contribution is -2.31. The highest BCUT2D eigenvalue weighted by Gasteiger charge is 2.13. The molecule has 2 aromatic carbocycles. The minimum Gasteiger partial charge on any atom is -0.399 e. The molecule has 0 unspecified atom stereocenters. The molecule has 5 nitrogen and oxygen atoms in total. The molecule has 0 aliphatic rings. The number of nitrogens with one attached hydrogen (secondary N) is 1. The molecule has 3 aromatic rings. The number of rotatable bonds is 5. The van der Waals surface area contributed by atoms with Crippen molar-refractivity contribution in [1.82, 2.24) is 14.9 Å². The second-order valence-electron chi connectivity index (χ2n) is 6.27. The Kier molecular flexibility index (Phi) is 4.62. The Bertz CT molecular complexity index is 901. The van der Waals surface area contributed by atoms with Gasteiger partial charge in [0.2, 0.25) is 0 Å². The van der Waals surface area contributed by atoms with Crippen LogP contribution in [0.5, 0.6) is 0 Å². The van der Waals surface area contributed by atoms with Gasteiger partial charge in [-0.25, -0.2) is 4.98 Å². The van der Waals surface area contributed by atoms with Crippen LogP contribution in [0, 0.1) is 0 Å². The van der Waals surface area contributed by atoms with E-state index in [9.17, 15) is 4.79 Å². The second kappa shape index (κ2) is 6.84. The Balaban J connectivity index is 1.87. The number of benzene rings is 2. The van der Waals surface area contributed by atoms with Gasteiger partial charge in [0.05, 0.1) is 17.4 Å². The molecule has 1 heterocycles. The summed E-state index contributed by atoms with van der Waals surface area (Å²) in [6, 6.07) is 15.6. The number of nitrogens with two attached hydrogens (primary N) is 1. The van der Waals surface area contributed by atoms with Crippen LogP contribution in [0.1, 0.15) is 25.2 Å². The molecule has 0 radical (unpaired) electrons. The summed E-state index contributed by atoms with van der Waals surface area (Å²) in [5.74, 6) is 0.677. The van der Waals surface area contributed by atoms with Gasteiger partial charge in [-0.15, -0.1) is 0 Å². The van der Waals surface area contributed by atoms with Crippen LogP contribution in [0.4, 0.5) is 5.69 Å². The fourth-order valence-corrected chi connectivity index (χ4v) is 2.75. The minimum absolute atomic E-state index is 0.0942. The Morgan fingerprint density at radius 1 is 1.12 bits per heavy atom. The SMILES string of the molecule is CC(C)N(Cc1cccc(N)c1)Cc1nc2ccccc2c(=O)[nH]1. The molecule has 124 valence electrons. The number of fused-ring (bicyclic) bond motifs is 1. The van der Waals surface area contributed by atoms with Gasteiger partial charge in [-0.3, -0.25) is 9.69 Å². The van der Waals surface area contributed by atoms with E-state index in [1.54, 1.807) is 6.07 Å². The van der Waals surface area contributed by atoms with E-state index in [4.69, 9.17) is 5.73 Å². The van der Waals surface area contributed by atoms with Gasteiger partial charge in [-0.05, 0) is 43.7 Å². The minimum atomic E-state index is -0.0942. The number of aromatic amines is 1. The lowest BCUT2D eigenvalue weighted by atomic mass is 10.1. The van der Waals surface area contributed by atoms with Crippen LogP contribution >= 0.6 is 0 Å². The van der Waals surface area contributed by atoms with Crippen molar-refractivity contribution in [2.75, 3.05) is 5.73 Å². The molecular formula is C19H22N4O. The van der Waals surface area contributed by atoms with E-state index < -0.39 is 0 Å². The zero-order valence-electron chi connectivity index (χ0n) is 14.0. The average Bonchev–Trinajstić information content (AvgIpc) is 2.54. The van der Waals surface area contributed by atoms with Crippen LogP contribution in [0.25, 0.3) is 10.9 Å². The third kappa shape index (κ3) is 3.63. The number of nitrogens with zero attached hydrogens (tertiary/aromatic N) is 2. The van der Waals surface area contributed by atoms with E-state index in [1.807, 2.05) is 36.4 Å². The zero-order valence-corrected chi connectivity index (χ0v) is 14.0. The van der Waals surface area contributed by atoms with Crippen molar-refractivity contribution >= 4 is 16.6 Å². The molecule has 3 N–H and O–H groups in total. The first-order valence-electron chi connectivity index (χ1n) is 8.09. The molecule has 0 aliphatic heterocycles. The van der Waals surface area contributed by atoms with Crippen molar-refractivity contribution in [3.05, 3.63) is 70.3 Å². The van der Waals surface area contributed by atoms with Crippen LogP contribution in [0.3, 0.4) is 0 Å². The summed E-state index contributed by atoms with van der Waals surface area (Å²) in [5, 5.41) is 0.619. The monoisotopic (exact) mass is 322 g/mol. The molecule has 1 aromatic heterocycles. The van der Waals surface area contributed by atoms with Gasteiger partial charge in [0.15, 0.2) is 0 Å². The number of H-pyrrole nitrogens is 1. The van der Waals surface area contributed by atoms with E-state index >= 15 is 0 Å². The first-order valence-corrected chi connectivity index (χ1v) is 8.09. The number of hydrogen-bond acceptors (Lipinski definition) is 4. The lowest BCUT2D eigenvalue weighted by Gasteiger charge is -2.26. The van der Waals surface area contributed by atoms with Crippen LogP contribution in [-0.2, 0) is 13.1 Å². The quantitative estimate of drug-likeness (QED) is 0.708. The van der Waals surface area contributed by atoms with Gasteiger partial charge in [0.1, 0.15) is 5.82 Å². The van der Waals surface area contributed by atoms with Gasteiger partial charge in [0.25, 0.3) is 5.56 Å². The molecule has 3 rings (SSSR count). The smallest absolute Gasteiger partial charge is 0.258 e. The summed E-state index contributed by atoms with van der Waals surface area (Å²) in [7, 11) is 0. The van der Waals surface area contributed by atoms with Crippen molar-refractivity contribution in [1.29, 1.82) is 0 Å². The summed E-state index contributed by atoms with van der Waals surface area (Å²) in [5.41, 5.74) is 8.40. The standard InChI is InChI=1S/C19H22N4O/c1-13(2)23(11-14-6-5-7-15(20)10-14)12-18-21-17-9-4-3-8-16(17)19(24)22-18/h3-10,13H,11-12,20H2,1-2H3,(H,21,22,24). The highest BCUT2D eigenvalue weighted by atomic mass is 16.1. The molecule has 0 bridgehead atoms. The molecule has 0 saturated carbocycles. The average molecular weight is 322 g/mol. The first kappa shape index (κ1) is 16.2. The number of anilines is 1. The van der Waals surface area contributed by atoms with E-state index in [0.717, 1.165) is 23.3 Å². The molecule has 0 amide bonds. The lowest BCUT2D eigenvalue weighted by molar-refractivity contribution is 0.198. The Labute approximate surface area is 141 Å². The van der Waals surface area contributed by atoms with Gasteiger partial charge in [0, 0.05) is 18.3 Å². The summed E-state index contributed by atoms with van der Waals surface area (Å²) < 4.78 is 0. The first-order chi connectivity index (χ1) is 11.5. The molecule has 0 atom stereocenters. The summed E-state index contributed by atoms with van der Waals surface area (Å²) in [6.07, 6.45) is 0. The van der Waals surface area contributed by atoms with Crippen LogP contribution in [0.15, 0.2) is 53.3 Å². The Morgan fingerprint density at radius 2 is 1.92 bits per heavy atom. The fraction of sp³-hybridized carbons (Fsp3) is 0.263. The van der Waals surface area contributed by atoms with E-state index in [-0.39, 0.29) is 5.56 Å². The Morgan fingerprint density at radius 3 is 2.67 bits per heavy atom. The van der Waals surface area contributed by atoms with E-state index in [2.05, 4.69) is 34.8 Å².